The molecule has 1 amide bonds. The van der Waals surface area contributed by atoms with Crippen LogP contribution in [0.5, 0.6) is 5.75 Å². The topological polar surface area (TPSA) is 62.1 Å². The van der Waals surface area contributed by atoms with Crippen LogP contribution in [0.15, 0.2) is 76.8 Å². The smallest absolute Gasteiger partial charge is 0.266 e. The summed E-state index contributed by atoms with van der Waals surface area (Å²) in [6.07, 6.45) is 1.54. The van der Waals surface area contributed by atoms with E-state index in [2.05, 4.69) is 43.8 Å². The molecule has 3 aromatic rings. The van der Waals surface area contributed by atoms with Crippen LogP contribution in [0.4, 0.5) is 5.69 Å². The lowest BCUT2D eigenvalue weighted by atomic mass is 10.1. The van der Waals surface area contributed by atoms with Crippen molar-refractivity contribution in [1.82, 2.24) is 0 Å². The molecule has 0 aliphatic heterocycles. The second-order valence-electron chi connectivity index (χ2n) is 6.18. The van der Waals surface area contributed by atoms with Crippen molar-refractivity contribution >= 4 is 67.8 Å². The zero-order valence-corrected chi connectivity index (χ0v) is 20.0. The van der Waals surface area contributed by atoms with Crippen molar-refractivity contribution in [2.24, 2.45) is 0 Å². The summed E-state index contributed by atoms with van der Waals surface area (Å²) in [5.74, 6) is 0.203. The number of carbonyl (C=O) groups excluding carboxylic acids is 1. The number of nitrogens with one attached hydrogen (secondary N) is 1. The van der Waals surface area contributed by atoms with E-state index in [1.54, 1.807) is 24.3 Å². The Labute approximate surface area is 201 Å². The van der Waals surface area contributed by atoms with Crippen molar-refractivity contribution in [3.63, 3.8) is 0 Å². The predicted molar refractivity (Wildman–Crippen MR) is 131 cm³/mol. The summed E-state index contributed by atoms with van der Waals surface area (Å²) in [6.45, 7) is 0.326. The Morgan fingerprint density at radius 1 is 1.17 bits per heavy atom. The fourth-order valence-corrected chi connectivity index (χ4v) is 4.56. The Kier molecular flexibility index (Phi) is 7.91. The van der Waals surface area contributed by atoms with E-state index in [0.29, 0.717) is 33.1 Å². The fraction of sp³-hybridized carbons (Fsp3) is 0.0435. The van der Waals surface area contributed by atoms with Gasteiger partial charge in [-0.05, 0) is 80.5 Å². The second kappa shape index (κ2) is 10.6. The molecule has 4 nitrogen and oxygen atoms in total. The minimum Gasteiger partial charge on any atom is -0.487 e. The number of anilines is 1. The lowest BCUT2D eigenvalue weighted by molar-refractivity contribution is -0.112. The Morgan fingerprint density at radius 3 is 2.53 bits per heavy atom. The van der Waals surface area contributed by atoms with E-state index in [-0.39, 0.29) is 5.57 Å². The van der Waals surface area contributed by atoms with Crippen molar-refractivity contribution < 1.29 is 9.53 Å². The highest BCUT2D eigenvalue weighted by Crippen LogP contribution is 2.34. The molecule has 0 saturated carbocycles. The first-order chi connectivity index (χ1) is 14.5. The van der Waals surface area contributed by atoms with E-state index in [1.165, 1.54) is 0 Å². The van der Waals surface area contributed by atoms with Gasteiger partial charge >= 0.3 is 0 Å². The number of halogens is 3. The molecule has 0 spiro atoms. The lowest BCUT2D eigenvalue weighted by Gasteiger charge is -2.12. The van der Waals surface area contributed by atoms with E-state index >= 15 is 0 Å². The first-order valence-corrected chi connectivity index (χ1v) is 11.1. The molecular formula is C23H15BrClIN2O2. The molecule has 0 bridgehead atoms. The Hall–Kier alpha value is -2.34. The highest BCUT2D eigenvalue weighted by Gasteiger charge is 2.13. The molecule has 0 saturated heterocycles. The highest BCUT2D eigenvalue weighted by molar-refractivity contribution is 14.1. The second-order valence-corrected chi connectivity index (χ2v) is 8.61. The van der Waals surface area contributed by atoms with Gasteiger partial charge in [0.05, 0.1) is 8.04 Å². The van der Waals surface area contributed by atoms with Crippen molar-refractivity contribution in [2.45, 2.75) is 6.61 Å². The molecule has 0 unspecified atom stereocenters. The average Bonchev–Trinajstić information content (AvgIpc) is 2.73. The SMILES string of the molecule is N#C/C(=C/c1cc(Br)c(OCc2ccccc2Cl)c(I)c1)C(=O)Nc1ccccc1. The van der Waals surface area contributed by atoms with E-state index < -0.39 is 5.91 Å². The Balaban J connectivity index is 1.78. The van der Waals surface area contributed by atoms with Gasteiger partial charge in [-0.1, -0.05) is 48.0 Å². The van der Waals surface area contributed by atoms with Gasteiger partial charge in [0.15, 0.2) is 0 Å². The third-order valence-corrected chi connectivity index (χ3v) is 5.82. The van der Waals surface area contributed by atoms with Crippen LogP contribution >= 0.6 is 50.1 Å². The quantitative estimate of drug-likeness (QED) is 0.194. The van der Waals surface area contributed by atoms with E-state index in [9.17, 15) is 10.1 Å². The number of para-hydroxylation sites is 1. The molecule has 0 fully saturated rings. The lowest BCUT2D eigenvalue weighted by Crippen LogP contribution is -2.13. The van der Waals surface area contributed by atoms with Crippen LogP contribution in [-0.4, -0.2) is 5.91 Å². The van der Waals surface area contributed by atoms with Crippen LogP contribution in [0.2, 0.25) is 5.02 Å². The molecule has 150 valence electrons. The number of amides is 1. The van der Waals surface area contributed by atoms with Crippen molar-refractivity contribution in [2.75, 3.05) is 5.32 Å². The van der Waals surface area contributed by atoms with Crippen molar-refractivity contribution in [3.05, 3.63) is 96.5 Å². The minimum atomic E-state index is -0.464. The highest BCUT2D eigenvalue weighted by atomic mass is 127. The van der Waals surface area contributed by atoms with Crippen LogP contribution in [0.3, 0.4) is 0 Å². The molecule has 0 aliphatic rings. The summed E-state index contributed by atoms with van der Waals surface area (Å²) in [5.41, 5.74) is 2.22. The molecule has 0 radical (unpaired) electrons. The van der Waals surface area contributed by atoms with Gasteiger partial charge in [0.25, 0.3) is 5.91 Å². The number of benzene rings is 3. The maximum absolute atomic E-state index is 12.4. The molecule has 30 heavy (non-hydrogen) atoms. The van der Waals surface area contributed by atoms with Gasteiger partial charge in [-0.25, -0.2) is 0 Å². The van der Waals surface area contributed by atoms with Crippen LogP contribution in [0.1, 0.15) is 11.1 Å². The summed E-state index contributed by atoms with van der Waals surface area (Å²) in [6, 6.07) is 22.1. The molecule has 3 aromatic carbocycles. The van der Waals surface area contributed by atoms with E-state index in [0.717, 1.165) is 9.13 Å². The monoisotopic (exact) mass is 592 g/mol. The van der Waals surface area contributed by atoms with E-state index in [1.807, 2.05) is 54.6 Å². The maximum Gasteiger partial charge on any atom is 0.266 e. The predicted octanol–water partition coefficient (Wildman–Crippen LogP) is 6.83. The first-order valence-electron chi connectivity index (χ1n) is 8.81. The van der Waals surface area contributed by atoms with Gasteiger partial charge in [0, 0.05) is 16.3 Å². The van der Waals surface area contributed by atoms with Gasteiger partial charge in [-0.15, -0.1) is 0 Å². The number of hydrogen-bond acceptors (Lipinski definition) is 3. The van der Waals surface area contributed by atoms with Gasteiger partial charge in [0.1, 0.15) is 24.0 Å². The molecule has 0 heterocycles. The molecule has 0 atom stereocenters. The van der Waals surface area contributed by atoms with Crippen molar-refractivity contribution in [3.8, 4) is 11.8 Å². The average molecular weight is 594 g/mol. The van der Waals surface area contributed by atoms with E-state index in [4.69, 9.17) is 16.3 Å². The van der Waals surface area contributed by atoms with Crippen molar-refractivity contribution in [1.29, 1.82) is 5.26 Å². The van der Waals surface area contributed by atoms with Crippen LogP contribution in [0, 0.1) is 14.9 Å². The van der Waals surface area contributed by atoms with Gasteiger partial charge in [-0.3, -0.25) is 4.79 Å². The normalized spacial score (nSPS) is 10.9. The van der Waals surface area contributed by atoms with Crippen LogP contribution in [-0.2, 0) is 11.4 Å². The molecule has 0 aliphatic carbocycles. The number of hydrogen-bond donors (Lipinski definition) is 1. The van der Waals surface area contributed by atoms with Gasteiger partial charge in [-0.2, -0.15) is 5.26 Å². The van der Waals surface area contributed by atoms with Crippen LogP contribution < -0.4 is 10.1 Å². The molecule has 0 aromatic heterocycles. The molecule has 1 N–H and O–H groups in total. The number of rotatable bonds is 6. The number of ether oxygens (including phenoxy) is 1. The molecule has 3 rings (SSSR count). The zero-order chi connectivity index (χ0) is 21.5. The maximum atomic E-state index is 12.4. The summed E-state index contributed by atoms with van der Waals surface area (Å²) in [5, 5.41) is 12.8. The number of nitrogens with zero attached hydrogens (tertiary/aromatic N) is 1. The summed E-state index contributed by atoms with van der Waals surface area (Å²) >= 11 is 11.9. The Bertz CT molecular complexity index is 1120. The molecule has 7 heteroatoms. The standard InChI is InChI=1S/C23H15BrClIN2O2/c24-19-11-15(10-17(13-27)23(29)28-18-7-2-1-3-8-18)12-21(26)22(19)30-14-16-6-4-5-9-20(16)25/h1-12H,14H2,(H,28,29)/b17-10-. The van der Waals surface area contributed by atoms with Crippen LogP contribution in [0.25, 0.3) is 6.08 Å². The first kappa shape index (κ1) is 22.3. The minimum absolute atomic E-state index is 0.00582. The van der Waals surface area contributed by atoms with Gasteiger partial charge < -0.3 is 10.1 Å². The fourth-order valence-electron chi connectivity index (χ4n) is 2.60. The summed E-state index contributed by atoms with van der Waals surface area (Å²) in [4.78, 5) is 12.4. The zero-order valence-electron chi connectivity index (χ0n) is 15.5. The number of nitriles is 1. The third kappa shape index (κ3) is 5.85. The summed E-state index contributed by atoms with van der Waals surface area (Å²) in [7, 11) is 0. The summed E-state index contributed by atoms with van der Waals surface area (Å²) < 4.78 is 7.49. The largest absolute Gasteiger partial charge is 0.487 e. The third-order valence-electron chi connectivity index (χ3n) is 4.06. The molecular weight excluding hydrogens is 579 g/mol. The Morgan fingerprint density at radius 2 is 1.87 bits per heavy atom. The van der Waals surface area contributed by atoms with Gasteiger partial charge in [0.2, 0.25) is 0 Å². The number of carbonyl (C=O) groups is 1.